The number of nitrogens with one attached hydrogen (secondary N) is 2. The third-order valence-electron chi connectivity index (χ3n) is 4.43. The number of halogens is 6. The van der Waals surface area contributed by atoms with Gasteiger partial charge in [0.2, 0.25) is 0 Å². The molecule has 2 amide bonds. The summed E-state index contributed by atoms with van der Waals surface area (Å²) in [5.41, 5.74) is -1.43. The van der Waals surface area contributed by atoms with E-state index in [-0.39, 0.29) is 23.9 Å². The number of aliphatic hydroxyl groups is 2. The number of ether oxygens (including phenoxy) is 1. The fourth-order valence-electron chi connectivity index (χ4n) is 2.55. The van der Waals surface area contributed by atoms with Gasteiger partial charge in [0.05, 0.1) is 23.0 Å². The van der Waals surface area contributed by atoms with E-state index >= 15 is 0 Å². The number of benzene rings is 2. The van der Waals surface area contributed by atoms with Crippen molar-refractivity contribution in [3.8, 4) is 5.75 Å². The number of anilines is 2. The quantitative estimate of drug-likeness (QED) is 0.318. The van der Waals surface area contributed by atoms with Crippen molar-refractivity contribution in [2.45, 2.75) is 25.4 Å². The molecule has 0 aliphatic heterocycles. The minimum absolute atomic E-state index is 0.0912. The van der Waals surface area contributed by atoms with Gasteiger partial charge < -0.3 is 30.5 Å². The molecular formula is C20H21ClF5N3O4. The Morgan fingerprint density at radius 3 is 2.48 bits per heavy atom. The average Bonchev–Trinajstić information content (AvgIpc) is 2.72. The van der Waals surface area contributed by atoms with Crippen LogP contribution in [0.2, 0.25) is 5.02 Å². The van der Waals surface area contributed by atoms with Gasteiger partial charge in [-0.15, -0.1) is 0 Å². The van der Waals surface area contributed by atoms with E-state index < -0.39 is 53.2 Å². The van der Waals surface area contributed by atoms with Crippen molar-refractivity contribution in [3.63, 3.8) is 0 Å². The number of carbonyl (C=O) groups excluding carboxylic acids is 1. The first-order chi connectivity index (χ1) is 15.3. The number of likely N-dealkylation sites (N-methyl/N-ethyl adjacent to an activating group) is 1. The van der Waals surface area contributed by atoms with Crippen LogP contribution in [0.5, 0.6) is 5.75 Å². The SMILES string of the molecule is C[C@H](Oc1cc(NC(=O)N(C)CCO)c(F)cc1C(O)Nc1c(F)cccc1Cl)C(F)(F)F. The maximum Gasteiger partial charge on any atom is 0.425 e. The highest BCUT2D eigenvalue weighted by Gasteiger charge is 2.39. The summed E-state index contributed by atoms with van der Waals surface area (Å²) in [5, 5.41) is 23.6. The first-order valence-corrected chi connectivity index (χ1v) is 9.81. The minimum Gasteiger partial charge on any atom is -0.481 e. The lowest BCUT2D eigenvalue weighted by molar-refractivity contribution is -0.189. The maximum absolute atomic E-state index is 14.7. The zero-order chi connectivity index (χ0) is 24.9. The zero-order valence-electron chi connectivity index (χ0n) is 17.4. The zero-order valence-corrected chi connectivity index (χ0v) is 18.1. The van der Waals surface area contributed by atoms with E-state index in [0.717, 1.165) is 17.0 Å². The van der Waals surface area contributed by atoms with Crippen molar-refractivity contribution in [3.05, 3.63) is 52.6 Å². The number of para-hydroxylation sites is 1. The molecule has 0 radical (unpaired) electrons. The summed E-state index contributed by atoms with van der Waals surface area (Å²) >= 11 is 5.88. The third kappa shape index (κ3) is 6.83. The van der Waals surface area contributed by atoms with Crippen LogP contribution in [0.3, 0.4) is 0 Å². The lowest BCUT2D eigenvalue weighted by Crippen LogP contribution is -2.34. The summed E-state index contributed by atoms with van der Waals surface area (Å²) in [4.78, 5) is 13.1. The molecule has 0 aliphatic rings. The highest BCUT2D eigenvalue weighted by molar-refractivity contribution is 6.33. The van der Waals surface area contributed by atoms with E-state index in [1.807, 2.05) is 0 Å². The molecule has 0 saturated heterocycles. The first-order valence-electron chi connectivity index (χ1n) is 9.43. The number of alkyl halides is 3. The Morgan fingerprint density at radius 2 is 1.91 bits per heavy atom. The van der Waals surface area contributed by atoms with E-state index in [9.17, 15) is 31.9 Å². The van der Waals surface area contributed by atoms with Crippen molar-refractivity contribution in [1.82, 2.24) is 4.90 Å². The molecule has 4 N–H and O–H groups in total. The van der Waals surface area contributed by atoms with Crippen LogP contribution < -0.4 is 15.4 Å². The average molecular weight is 498 g/mol. The number of hydrogen-bond acceptors (Lipinski definition) is 5. The number of urea groups is 1. The summed E-state index contributed by atoms with van der Waals surface area (Å²) in [6.45, 7) is 0.221. The standard InChI is InChI=1S/C20H21ClF5N3O4/c1-10(20(24,25)26)33-16-9-15(27-19(32)29(2)6-7-30)14(23)8-11(16)18(31)28-17-12(21)4-3-5-13(17)22/h3-5,8-10,18,28,30-31H,6-7H2,1-2H3,(H,27,32)/t10-,18?/m0/s1. The lowest BCUT2D eigenvalue weighted by Gasteiger charge is -2.24. The normalized spacial score (nSPS) is 13.3. The highest BCUT2D eigenvalue weighted by atomic mass is 35.5. The van der Waals surface area contributed by atoms with Crippen molar-refractivity contribution in [2.75, 3.05) is 30.8 Å². The Labute approximate surface area is 190 Å². The summed E-state index contributed by atoms with van der Waals surface area (Å²) in [5.74, 6) is -2.62. The molecule has 2 aromatic rings. The van der Waals surface area contributed by atoms with Gasteiger partial charge in [-0.05, 0) is 25.1 Å². The smallest absolute Gasteiger partial charge is 0.425 e. The van der Waals surface area contributed by atoms with Crippen LogP contribution in [0.25, 0.3) is 0 Å². The number of amides is 2. The molecule has 0 spiro atoms. The topological polar surface area (TPSA) is 94.1 Å². The van der Waals surface area contributed by atoms with Gasteiger partial charge in [-0.3, -0.25) is 0 Å². The van der Waals surface area contributed by atoms with Gasteiger partial charge in [-0.1, -0.05) is 17.7 Å². The van der Waals surface area contributed by atoms with Crippen LogP contribution in [-0.2, 0) is 0 Å². The number of carbonyl (C=O) groups is 1. The molecule has 0 fully saturated rings. The van der Waals surface area contributed by atoms with Crippen molar-refractivity contribution >= 4 is 29.0 Å². The Kier molecular flexibility index (Phi) is 8.69. The molecule has 13 heteroatoms. The van der Waals surface area contributed by atoms with Crippen molar-refractivity contribution < 1.29 is 41.7 Å². The number of nitrogens with zero attached hydrogens (tertiary/aromatic N) is 1. The molecular weight excluding hydrogens is 477 g/mol. The molecule has 33 heavy (non-hydrogen) atoms. The largest absolute Gasteiger partial charge is 0.481 e. The molecule has 182 valence electrons. The Balaban J connectivity index is 2.45. The summed E-state index contributed by atoms with van der Waals surface area (Å²) in [7, 11) is 1.30. The molecule has 1 unspecified atom stereocenters. The van der Waals surface area contributed by atoms with Gasteiger partial charge in [0.1, 0.15) is 17.4 Å². The molecule has 2 aromatic carbocycles. The molecule has 2 rings (SSSR count). The molecule has 2 atom stereocenters. The predicted octanol–water partition coefficient (Wildman–Crippen LogP) is 4.51. The van der Waals surface area contributed by atoms with Gasteiger partial charge in [0.15, 0.2) is 12.3 Å². The summed E-state index contributed by atoms with van der Waals surface area (Å²) in [6.07, 6.45) is -9.11. The number of aliphatic hydroxyl groups excluding tert-OH is 2. The molecule has 0 saturated carbocycles. The summed E-state index contributed by atoms with van der Waals surface area (Å²) < 4.78 is 72.8. The third-order valence-corrected chi connectivity index (χ3v) is 4.74. The van der Waals surface area contributed by atoms with E-state index in [2.05, 4.69) is 10.6 Å². The second kappa shape index (κ2) is 10.9. The van der Waals surface area contributed by atoms with Gasteiger partial charge >= 0.3 is 12.2 Å². The van der Waals surface area contributed by atoms with Crippen LogP contribution in [-0.4, -0.2) is 53.6 Å². The van der Waals surface area contributed by atoms with Crippen molar-refractivity contribution in [1.29, 1.82) is 0 Å². The van der Waals surface area contributed by atoms with E-state index in [4.69, 9.17) is 21.4 Å². The van der Waals surface area contributed by atoms with E-state index in [0.29, 0.717) is 13.0 Å². The first kappa shape index (κ1) is 26.4. The molecule has 7 nitrogen and oxygen atoms in total. The highest BCUT2D eigenvalue weighted by Crippen LogP contribution is 2.36. The number of rotatable bonds is 8. The predicted molar refractivity (Wildman–Crippen MR) is 111 cm³/mol. The monoisotopic (exact) mass is 497 g/mol. The molecule has 0 bridgehead atoms. The lowest BCUT2D eigenvalue weighted by atomic mass is 10.1. The number of hydrogen-bond donors (Lipinski definition) is 4. The van der Waals surface area contributed by atoms with Crippen molar-refractivity contribution in [2.24, 2.45) is 0 Å². The fourth-order valence-corrected chi connectivity index (χ4v) is 2.77. The van der Waals surface area contributed by atoms with Crippen LogP contribution in [0, 0.1) is 11.6 Å². The van der Waals surface area contributed by atoms with Gasteiger partial charge in [0.25, 0.3) is 0 Å². The Bertz CT molecular complexity index is 973. The Morgan fingerprint density at radius 1 is 1.24 bits per heavy atom. The van der Waals surface area contributed by atoms with Crippen LogP contribution in [0.15, 0.2) is 30.3 Å². The maximum atomic E-state index is 14.7. The Hall–Kier alpha value is -2.83. The fraction of sp³-hybridized carbons (Fsp3) is 0.350. The van der Waals surface area contributed by atoms with Crippen LogP contribution in [0.1, 0.15) is 18.7 Å². The van der Waals surface area contributed by atoms with E-state index in [1.165, 1.54) is 19.2 Å². The van der Waals surface area contributed by atoms with E-state index in [1.54, 1.807) is 0 Å². The minimum atomic E-state index is -4.80. The van der Waals surface area contributed by atoms with Gasteiger partial charge in [-0.25, -0.2) is 13.6 Å². The molecule has 0 heterocycles. The van der Waals surface area contributed by atoms with Gasteiger partial charge in [-0.2, -0.15) is 13.2 Å². The van der Waals surface area contributed by atoms with Crippen LogP contribution >= 0.6 is 11.6 Å². The summed E-state index contributed by atoms with van der Waals surface area (Å²) in [6, 6.07) is 4.14. The molecule has 0 aliphatic carbocycles. The second-order valence-corrected chi connectivity index (χ2v) is 7.30. The van der Waals surface area contributed by atoms with Gasteiger partial charge in [0, 0.05) is 25.2 Å². The molecule has 0 aromatic heterocycles. The second-order valence-electron chi connectivity index (χ2n) is 6.89. The van der Waals surface area contributed by atoms with Crippen LogP contribution in [0.4, 0.5) is 38.1 Å².